The standard InChI is InChI=1S/C15H25N3/c1-12-5-4-6-15(17-12)11-18-9-7-14(8-10-18)13(2)16-3/h4-6,13-14,16H,7-11H2,1-3H3. The predicted octanol–water partition coefficient (Wildman–Crippen LogP) is 2.21. The average Bonchev–Trinajstić information content (AvgIpc) is 2.39. The summed E-state index contributed by atoms with van der Waals surface area (Å²) in [6.45, 7) is 7.76. The first-order valence-corrected chi connectivity index (χ1v) is 7.01. The van der Waals surface area contributed by atoms with E-state index >= 15 is 0 Å². The number of hydrogen-bond acceptors (Lipinski definition) is 3. The van der Waals surface area contributed by atoms with E-state index in [1.807, 2.05) is 0 Å². The van der Waals surface area contributed by atoms with Crippen molar-refractivity contribution in [1.29, 1.82) is 0 Å². The predicted molar refractivity (Wildman–Crippen MR) is 75.5 cm³/mol. The summed E-state index contributed by atoms with van der Waals surface area (Å²) < 4.78 is 0. The quantitative estimate of drug-likeness (QED) is 0.884. The molecule has 1 aliphatic heterocycles. The molecule has 2 heterocycles. The first-order chi connectivity index (χ1) is 8.69. The maximum absolute atomic E-state index is 4.58. The lowest BCUT2D eigenvalue weighted by Gasteiger charge is -2.34. The van der Waals surface area contributed by atoms with Gasteiger partial charge in [-0.1, -0.05) is 6.07 Å². The summed E-state index contributed by atoms with van der Waals surface area (Å²) in [5, 5.41) is 3.38. The Hall–Kier alpha value is -0.930. The summed E-state index contributed by atoms with van der Waals surface area (Å²) >= 11 is 0. The summed E-state index contributed by atoms with van der Waals surface area (Å²) in [6, 6.07) is 6.94. The van der Waals surface area contributed by atoms with Gasteiger partial charge in [-0.2, -0.15) is 0 Å². The van der Waals surface area contributed by atoms with Gasteiger partial charge in [0, 0.05) is 18.3 Å². The van der Waals surface area contributed by atoms with E-state index in [4.69, 9.17) is 0 Å². The highest BCUT2D eigenvalue weighted by Gasteiger charge is 2.22. The van der Waals surface area contributed by atoms with Crippen molar-refractivity contribution in [3.05, 3.63) is 29.6 Å². The third kappa shape index (κ3) is 3.53. The molecule has 0 aliphatic carbocycles. The number of hydrogen-bond donors (Lipinski definition) is 1. The van der Waals surface area contributed by atoms with Gasteiger partial charge < -0.3 is 5.32 Å². The highest BCUT2D eigenvalue weighted by atomic mass is 15.1. The molecular weight excluding hydrogens is 222 g/mol. The zero-order valence-corrected chi connectivity index (χ0v) is 11.8. The van der Waals surface area contributed by atoms with Gasteiger partial charge in [-0.25, -0.2) is 0 Å². The molecular formula is C15H25N3. The summed E-state index contributed by atoms with van der Waals surface area (Å²) in [6.07, 6.45) is 2.60. The second-order valence-corrected chi connectivity index (χ2v) is 5.46. The van der Waals surface area contributed by atoms with Crippen molar-refractivity contribution in [3.63, 3.8) is 0 Å². The molecule has 0 bridgehead atoms. The summed E-state index contributed by atoms with van der Waals surface area (Å²) in [5.41, 5.74) is 2.32. The van der Waals surface area contributed by atoms with E-state index in [0.717, 1.165) is 18.2 Å². The number of pyridine rings is 1. The molecule has 0 aromatic carbocycles. The Morgan fingerprint density at radius 2 is 2.11 bits per heavy atom. The van der Waals surface area contributed by atoms with Crippen LogP contribution in [-0.2, 0) is 6.54 Å². The van der Waals surface area contributed by atoms with E-state index in [9.17, 15) is 0 Å². The molecule has 1 aromatic rings. The molecule has 3 heteroatoms. The Kier molecular flexibility index (Phi) is 4.72. The second-order valence-electron chi connectivity index (χ2n) is 5.46. The lowest BCUT2D eigenvalue weighted by Crippen LogP contribution is -2.40. The highest BCUT2D eigenvalue weighted by molar-refractivity contribution is 5.09. The van der Waals surface area contributed by atoms with Crippen molar-refractivity contribution in [1.82, 2.24) is 15.2 Å². The number of nitrogens with zero attached hydrogens (tertiary/aromatic N) is 2. The normalized spacial score (nSPS) is 19.9. The summed E-state index contributed by atoms with van der Waals surface area (Å²) in [5.74, 6) is 0.830. The van der Waals surface area contributed by atoms with E-state index in [0.29, 0.717) is 6.04 Å². The van der Waals surface area contributed by atoms with Gasteiger partial charge in [-0.15, -0.1) is 0 Å². The first-order valence-electron chi connectivity index (χ1n) is 7.01. The molecule has 1 unspecified atom stereocenters. The van der Waals surface area contributed by atoms with Crippen molar-refractivity contribution < 1.29 is 0 Å². The van der Waals surface area contributed by atoms with Crippen LogP contribution in [0.2, 0.25) is 0 Å². The van der Waals surface area contributed by atoms with Crippen LogP contribution in [0.1, 0.15) is 31.2 Å². The van der Waals surface area contributed by atoms with Crippen LogP contribution in [0.5, 0.6) is 0 Å². The fraction of sp³-hybridized carbons (Fsp3) is 0.667. The number of nitrogens with one attached hydrogen (secondary N) is 1. The van der Waals surface area contributed by atoms with Gasteiger partial charge in [0.05, 0.1) is 5.69 Å². The zero-order chi connectivity index (χ0) is 13.0. The maximum Gasteiger partial charge on any atom is 0.0547 e. The van der Waals surface area contributed by atoms with Gasteiger partial charge in [-0.3, -0.25) is 9.88 Å². The number of piperidine rings is 1. The van der Waals surface area contributed by atoms with Gasteiger partial charge in [-0.05, 0) is 64.9 Å². The van der Waals surface area contributed by atoms with Crippen molar-refractivity contribution in [2.45, 2.75) is 39.3 Å². The van der Waals surface area contributed by atoms with E-state index in [-0.39, 0.29) is 0 Å². The van der Waals surface area contributed by atoms with Crippen LogP contribution in [0.4, 0.5) is 0 Å². The Balaban J connectivity index is 1.83. The molecule has 1 atom stereocenters. The lowest BCUT2D eigenvalue weighted by molar-refractivity contribution is 0.157. The minimum atomic E-state index is 0.643. The number of rotatable bonds is 4. The van der Waals surface area contributed by atoms with E-state index in [1.54, 1.807) is 0 Å². The fourth-order valence-electron chi connectivity index (χ4n) is 2.76. The Labute approximate surface area is 111 Å². The molecule has 2 rings (SSSR count). The fourth-order valence-corrected chi connectivity index (χ4v) is 2.76. The molecule has 100 valence electrons. The molecule has 1 aliphatic rings. The minimum absolute atomic E-state index is 0.643. The Morgan fingerprint density at radius 1 is 1.39 bits per heavy atom. The molecule has 3 nitrogen and oxygen atoms in total. The third-order valence-corrected chi connectivity index (χ3v) is 4.13. The average molecular weight is 247 g/mol. The lowest BCUT2D eigenvalue weighted by atomic mass is 9.90. The smallest absolute Gasteiger partial charge is 0.0547 e. The second kappa shape index (κ2) is 6.30. The highest BCUT2D eigenvalue weighted by Crippen LogP contribution is 2.21. The number of aromatic nitrogens is 1. The van der Waals surface area contributed by atoms with Crippen molar-refractivity contribution in [2.24, 2.45) is 5.92 Å². The van der Waals surface area contributed by atoms with Gasteiger partial charge in [0.2, 0.25) is 0 Å². The van der Waals surface area contributed by atoms with Crippen LogP contribution in [0.15, 0.2) is 18.2 Å². The molecule has 1 saturated heterocycles. The Bertz CT molecular complexity index is 370. The topological polar surface area (TPSA) is 28.2 Å². The first kappa shape index (κ1) is 13.5. The van der Waals surface area contributed by atoms with Crippen LogP contribution < -0.4 is 5.32 Å². The van der Waals surface area contributed by atoms with E-state index in [2.05, 4.69) is 54.3 Å². The van der Waals surface area contributed by atoms with Crippen LogP contribution >= 0.6 is 0 Å². The van der Waals surface area contributed by atoms with E-state index < -0.39 is 0 Å². The number of aryl methyl sites for hydroxylation is 1. The molecule has 1 N–H and O–H groups in total. The van der Waals surface area contributed by atoms with Crippen LogP contribution in [0, 0.1) is 12.8 Å². The molecule has 0 radical (unpaired) electrons. The van der Waals surface area contributed by atoms with Crippen LogP contribution in [-0.4, -0.2) is 36.1 Å². The van der Waals surface area contributed by atoms with Crippen molar-refractivity contribution >= 4 is 0 Å². The molecule has 1 fully saturated rings. The van der Waals surface area contributed by atoms with Gasteiger partial charge in [0.15, 0.2) is 0 Å². The molecule has 1 aromatic heterocycles. The van der Waals surface area contributed by atoms with Gasteiger partial charge in [0.1, 0.15) is 0 Å². The van der Waals surface area contributed by atoms with Crippen molar-refractivity contribution in [3.8, 4) is 0 Å². The molecule has 0 saturated carbocycles. The van der Waals surface area contributed by atoms with Gasteiger partial charge in [0.25, 0.3) is 0 Å². The third-order valence-electron chi connectivity index (χ3n) is 4.13. The molecule has 18 heavy (non-hydrogen) atoms. The maximum atomic E-state index is 4.58. The van der Waals surface area contributed by atoms with Crippen LogP contribution in [0.3, 0.4) is 0 Å². The van der Waals surface area contributed by atoms with Crippen molar-refractivity contribution in [2.75, 3.05) is 20.1 Å². The molecule has 0 spiro atoms. The molecule has 0 amide bonds. The Morgan fingerprint density at radius 3 is 2.72 bits per heavy atom. The minimum Gasteiger partial charge on any atom is -0.317 e. The zero-order valence-electron chi connectivity index (χ0n) is 11.8. The van der Waals surface area contributed by atoms with Gasteiger partial charge >= 0.3 is 0 Å². The largest absolute Gasteiger partial charge is 0.317 e. The van der Waals surface area contributed by atoms with E-state index in [1.165, 1.54) is 31.6 Å². The SMILES string of the molecule is CNC(C)C1CCN(Cc2cccc(C)n2)CC1. The summed E-state index contributed by atoms with van der Waals surface area (Å²) in [7, 11) is 2.06. The number of likely N-dealkylation sites (tertiary alicyclic amines) is 1. The van der Waals surface area contributed by atoms with Crippen LogP contribution in [0.25, 0.3) is 0 Å². The monoisotopic (exact) mass is 247 g/mol. The summed E-state index contributed by atoms with van der Waals surface area (Å²) in [4.78, 5) is 7.11.